The first-order valence-electron chi connectivity index (χ1n) is 6.19. The van der Waals surface area contributed by atoms with Crippen molar-refractivity contribution in [2.24, 2.45) is 0 Å². The minimum atomic E-state index is 0.300. The molecule has 0 spiro atoms. The summed E-state index contributed by atoms with van der Waals surface area (Å²) in [7, 11) is 2.00. The summed E-state index contributed by atoms with van der Waals surface area (Å²) in [6.07, 6.45) is 0.979. The highest BCUT2D eigenvalue weighted by Crippen LogP contribution is 2.36. The Hall–Kier alpha value is -0.350. The molecule has 19 heavy (non-hydrogen) atoms. The van der Waals surface area contributed by atoms with E-state index < -0.39 is 0 Å². The second-order valence-electron chi connectivity index (χ2n) is 4.75. The summed E-state index contributed by atoms with van der Waals surface area (Å²) in [6.45, 7) is 4.30. The number of aryl methyl sites for hydroxylation is 2. The molecule has 0 aliphatic rings. The van der Waals surface area contributed by atoms with E-state index in [4.69, 9.17) is 11.6 Å². The molecule has 2 rings (SSSR count). The van der Waals surface area contributed by atoms with Gasteiger partial charge in [0.1, 0.15) is 4.34 Å². The van der Waals surface area contributed by atoms with Crippen molar-refractivity contribution in [3.63, 3.8) is 0 Å². The molecule has 102 valence electrons. The molecule has 0 aliphatic heterocycles. The van der Waals surface area contributed by atoms with E-state index in [0.717, 1.165) is 15.2 Å². The molecular formula is C15H17BrClNS. The number of thiophene rings is 1. The fourth-order valence-corrected chi connectivity index (χ4v) is 3.97. The minimum absolute atomic E-state index is 0.300. The summed E-state index contributed by atoms with van der Waals surface area (Å²) < 4.78 is 1.80. The molecule has 0 radical (unpaired) electrons. The van der Waals surface area contributed by atoms with Crippen LogP contribution in [0.3, 0.4) is 0 Å². The molecule has 1 aromatic carbocycles. The first kappa shape index (κ1) is 15.0. The zero-order valence-electron chi connectivity index (χ0n) is 11.3. The van der Waals surface area contributed by atoms with E-state index in [0.29, 0.717) is 6.04 Å². The van der Waals surface area contributed by atoms with Crippen molar-refractivity contribution in [2.75, 3.05) is 7.05 Å². The number of rotatable bonds is 4. The molecule has 1 heterocycles. The van der Waals surface area contributed by atoms with Crippen LogP contribution in [-0.2, 0) is 6.42 Å². The van der Waals surface area contributed by atoms with Gasteiger partial charge in [0.2, 0.25) is 0 Å². The van der Waals surface area contributed by atoms with E-state index in [1.54, 1.807) is 11.3 Å². The number of benzene rings is 1. The van der Waals surface area contributed by atoms with Crippen LogP contribution in [-0.4, -0.2) is 7.05 Å². The van der Waals surface area contributed by atoms with Gasteiger partial charge >= 0.3 is 0 Å². The van der Waals surface area contributed by atoms with Crippen molar-refractivity contribution in [1.82, 2.24) is 5.32 Å². The molecule has 1 unspecified atom stereocenters. The zero-order chi connectivity index (χ0) is 14.0. The maximum atomic E-state index is 6.13. The van der Waals surface area contributed by atoms with E-state index in [2.05, 4.69) is 59.4 Å². The first-order chi connectivity index (χ1) is 9.01. The predicted octanol–water partition coefficient (Wildman–Crippen LogP) is 5.28. The van der Waals surface area contributed by atoms with Crippen LogP contribution in [0, 0.1) is 13.8 Å². The Morgan fingerprint density at radius 1 is 1.32 bits per heavy atom. The van der Waals surface area contributed by atoms with E-state index in [9.17, 15) is 0 Å². The Balaban J connectivity index is 2.26. The summed E-state index contributed by atoms with van der Waals surface area (Å²) in [5, 5.41) is 3.39. The Kier molecular flexibility index (Phi) is 5.07. The fourth-order valence-electron chi connectivity index (χ4n) is 2.12. The second-order valence-corrected chi connectivity index (χ2v) is 7.29. The molecule has 0 aliphatic carbocycles. The number of nitrogens with one attached hydrogen (secondary N) is 1. The van der Waals surface area contributed by atoms with Crippen molar-refractivity contribution in [2.45, 2.75) is 26.3 Å². The molecule has 1 nitrogen and oxygen atoms in total. The van der Waals surface area contributed by atoms with Crippen molar-refractivity contribution in [3.8, 4) is 0 Å². The van der Waals surface area contributed by atoms with Crippen LogP contribution in [0.15, 0.2) is 28.7 Å². The van der Waals surface area contributed by atoms with E-state index in [1.165, 1.54) is 21.6 Å². The lowest BCUT2D eigenvalue weighted by molar-refractivity contribution is 0.600. The van der Waals surface area contributed by atoms with Gasteiger partial charge in [0.05, 0.1) is 0 Å². The SMILES string of the molecule is CNC(Cc1cc(C)ccc1C)c1cc(Br)c(Cl)s1. The van der Waals surface area contributed by atoms with Gasteiger partial charge in [-0.2, -0.15) is 0 Å². The van der Waals surface area contributed by atoms with E-state index in [1.807, 2.05) is 7.05 Å². The summed E-state index contributed by atoms with van der Waals surface area (Å²) in [4.78, 5) is 1.26. The van der Waals surface area contributed by atoms with Gasteiger partial charge in [-0.1, -0.05) is 35.4 Å². The molecule has 4 heteroatoms. The smallest absolute Gasteiger partial charge is 0.107 e. The van der Waals surface area contributed by atoms with Gasteiger partial charge in [-0.05, 0) is 60.4 Å². The molecule has 0 bridgehead atoms. The largest absolute Gasteiger partial charge is 0.312 e. The van der Waals surface area contributed by atoms with E-state index >= 15 is 0 Å². The van der Waals surface area contributed by atoms with Crippen LogP contribution < -0.4 is 5.32 Å². The van der Waals surface area contributed by atoms with Gasteiger partial charge in [-0.3, -0.25) is 0 Å². The number of hydrogen-bond donors (Lipinski definition) is 1. The molecule has 0 fully saturated rings. The third kappa shape index (κ3) is 3.60. The summed E-state index contributed by atoms with van der Waals surface area (Å²) in [5.74, 6) is 0. The molecule has 0 saturated carbocycles. The Morgan fingerprint density at radius 2 is 2.05 bits per heavy atom. The standard InChI is InChI=1S/C15H17BrClNS/c1-9-4-5-10(2)11(6-9)7-13(18-3)14-8-12(16)15(17)19-14/h4-6,8,13,18H,7H2,1-3H3. The summed E-state index contributed by atoms with van der Waals surface area (Å²) >= 11 is 11.2. The second kappa shape index (κ2) is 6.40. The van der Waals surface area contributed by atoms with Gasteiger partial charge < -0.3 is 5.32 Å². The van der Waals surface area contributed by atoms with E-state index in [-0.39, 0.29) is 0 Å². The normalized spacial score (nSPS) is 12.7. The van der Waals surface area contributed by atoms with Crippen molar-refractivity contribution < 1.29 is 0 Å². The molecule has 1 N–H and O–H groups in total. The lowest BCUT2D eigenvalue weighted by Gasteiger charge is -2.16. The van der Waals surface area contributed by atoms with Crippen molar-refractivity contribution in [1.29, 1.82) is 0 Å². The van der Waals surface area contributed by atoms with Crippen molar-refractivity contribution >= 4 is 38.9 Å². The predicted molar refractivity (Wildman–Crippen MR) is 88.4 cm³/mol. The minimum Gasteiger partial charge on any atom is -0.312 e. The first-order valence-corrected chi connectivity index (χ1v) is 8.18. The molecule has 1 aromatic heterocycles. The Bertz CT molecular complexity index is 560. The molecule has 0 saturated heterocycles. The highest BCUT2D eigenvalue weighted by molar-refractivity contribution is 9.10. The fraction of sp³-hybridized carbons (Fsp3) is 0.333. The molecule has 2 aromatic rings. The molecule has 1 atom stereocenters. The average molecular weight is 359 g/mol. The molecule has 0 amide bonds. The van der Waals surface area contributed by atoms with Crippen LogP contribution in [0.2, 0.25) is 4.34 Å². The number of hydrogen-bond acceptors (Lipinski definition) is 2. The Labute approximate surface area is 132 Å². The van der Waals surface area contributed by atoms with Gasteiger partial charge in [-0.15, -0.1) is 11.3 Å². The topological polar surface area (TPSA) is 12.0 Å². The van der Waals surface area contributed by atoms with Crippen molar-refractivity contribution in [3.05, 3.63) is 54.6 Å². The van der Waals surface area contributed by atoms with Gasteiger partial charge in [0.25, 0.3) is 0 Å². The third-order valence-electron chi connectivity index (χ3n) is 3.28. The maximum Gasteiger partial charge on any atom is 0.107 e. The van der Waals surface area contributed by atoms with Gasteiger partial charge in [-0.25, -0.2) is 0 Å². The average Bonchev–Trinajstić information content (AvgIpc) is 2.70. The van der Waals surface area contributed by atoms with Crippen LogP contribution >= 0.6 is 38.9 Å². The van der Waals surface area contributed by atoms with Crippen LogP contribution in [0.5, 0.6) is 0 Å². The highest BCUT2D eigenvalue weighted by Gasteiger charge is 2.16. The summed E-state index contributed by atoms with van der Waals surface area (Å²) in [6, 6.07) is 9.03. The van der Waals surface area contributed by atoms with Gasteiger partial charge in [0.15, 0.2) is 0 Å². The number of halogens is 2. The van der Waals surface area contributed by atoms with Crippen LogP contribution in [0.4, 0.5) is 0 Å². The molecular weight excluding hydrogens is 342 g/mol. The summed E-state index contributed by atoms with van der Waals surface area (Å²) in [5.41, 5.74) is 4.04. The zero-order valence-corrected chi connectivity index (χ0v) is 14.4. The quantitative estimate of drug-likeness (QED) is 0.783. The maximum absolute atomic E-state index is 6.13. The lowest BCUT2D eigenvalue weighted by Crippen LogP contribution is -2.18. The van der Waals surface area contributed by atoms with Crippen LogP contribution in [0.25, 0.3) is 0 Å². The third-order valence-corrected chi connectivity index (χ3v) is 5.87. The Morgan fingerprint density at radius 3 is 2.63 bits per heavy atom. The highest BCUT2D eigenvalue weighted by atomic mass is 79.9. The number of likely N-dealkylation sites (N-methyl/N-ethyl adjacent to an activating group) is 1. The monoisotopic (exact) mass is 357 g/mol. The van der Waals surface area contributed by atoms with Gasteiger partial charge in [0, 0.05) is 15.4 Å². The van der Waals surface area contributed by atoms with Crippen LogP contribution in [0.1, 0.15) is 27.6 Å². The lowest BCUT2D eigenvalue weighted by atomic mass is 9.98.